The van der Waals surface area contributed by atoms with Crippen molar-refractivity contribution in [2.24, 2.45) is 11.8 Å². The topological polar surface area (TPSA) is 29.5 Å². The second-order valence-electron chi connectivity index (χ2n) is 6.79. The second-order valence-corrected chi connectivity index (χ2v) is 6.79. The van der Waals surface area contributed by atoms with Crippen molar-refractivity contribution in [2.45, 2.75) is 50.5 Å². The van der Waals surface area contributed by atoms with Crippen LogP contribution in [0.15, 0.2) is 18.2 Å². The van der Waals surface area contributed by atoms with Gasteiger partial charge in [-0.25, -0.2) is 0 Å². The zero-order valence-corrected chi connectivity index (χ0v) is 11.6. The van der Waals surface area contributed by atoms with Crippen molar-refractivity contribution in [1.82, 2.24) is 0 Å². The first-order chi connectivity index (χ1) is 9.17. The van der Waals surface area contributed by atoms with Gasteiger partial charge in [0.15, 0.2) is 0 Å². The molecular formula is C17H22O2. The number of hydrogen-bond donors (Lipinski definition) is 1. The van der Waals surface area contributed by atoms with Crippen LogP contribution in [0.3, 0.4) is 0 Å². The Hall–Kier alpha value is -1.02. The summed E-state index contributed by atoms with van der Waals surface area (Å²) in [5.74, 6) is 2.65. The fourth-order valence-electron chi connectivity index (χ4n) is 4.97. The smallest absolute Gasteiger partial charge is 0.115 e. The maximum Gasteiger partial charge on any atom is 0.115 e. The molecule has 4 atom stereocenters. The van der Waals surface area contributed by atoms with E-state index in [2.05, 4.69) is 13.0 Å². The van der Waals surface area contributed by atoms with E-state index in [0.29, 0.717) is 11.7 Å². The van der Waals surface area contributed by atoms with E-state index in [1.54, 1.807) is 0 Å². The van der Waals surface area contributed by atoms with Gasteiger partial charge in [0, 0.05) is 6.61 Å². The number of rotatable bonds is 0. The Kier molecular flexibility index (Phi) is 2.47. The molecule has 2 fully saturated rings. The number of hydrogen-bond acceptors (Lipinski definition) is 2. The Balaban J connectivity index is 1.72. The summed E-state index contributed by atoms with van der Waals surface area (Å²) in [6.45, 7) is 3.28. The summed E-state index contributed by atoms with van der Waals surface area (Å²) >= 11 is 0. The van der Waals surface area contributed by atoms with Crippen LogP contribution < -0.4 is 0 Å². The van der Waals surface area contributed by atoms with Crippen LogP contribution >= 0.6 is 0 Å². The van der Waals surface area contributed by atoms with Crippen LogP contribution in [-0.4, -0.2) is 17.3 Å². The quantitative estimate of drug-likeness (QED) is 0.770. The lowest BCUT2D eigenvalue weighted by Crippen LogP contribution is -2.44. The van der Waals surface area contributed by atoms with Gasteiger partial charge in [-0.15, -0.1) is 0 Å². The number of benzene rings is 1. The molecule has 1 aromatic carbocycles. The molecule has 0 radical (unpaired) electrons. The first-order valence-corrected chi connectivity index (χ1v) is 7.63. The number of aryl methyl sites for hydroxylation is 1. The van der Waals surface area contributed by atoms with Gasteiger partial charge in [0.05, 0.1) is 5.60 Å². The van der Waals surface area contributed by atoms with E-state index >= 15 is 0 Å². The van der Waals surface area contributed by atoms with E-state index in [9.17, 15) is 5.11 Å². The monoisotopic (exact) mass is 258 g/mol. The van der Waals surface area contributed by atoms with Crippen LogP contribution in [0.1, 0.15) is 49.7 Å². The molecule has 0 spiro atoms. The molecule has 1 saturated heterocycles. The Morgan fingerprint density at radius 2 is 2.16 bits per heavy atom. The van der Waals surface area contributed by atoms with Crippen molar-refractivity contribution in [1.29, 1.82) is 0 Å². The van der Waals surface area contributed by atoms with E-state index in [1.807, 2.05) is 12.1 Å². The summed E-state index contributed by atoms with van der Waals surface area (Å²) in [7, 11) is 0. The average molecular weight is 258 g/mol. The van der Waals surface area contributed by atoms with Crippen molar-refractivity contribution < 1.29 is 9.84 Å². The Morgan fingerprint density at radius 3 is 3.05 bits per heavy atom. The number of ether oxygens (including phenoxy) is 1. The molecule has 0 unspecified atom stereocenters. The second kappa shape index (κ2) is 3.99. The van der Waals surface area contributed by atoms with Crippen molar-refractivity contribution in [3.05, 3.63) is 29.3 Å². The molecule has 1 saturated carbocycles. The van der Waals surface area contributed by atoms with Crippen LogP contribution in [0.4, 0.5) is 0 Å². The third-order valence-electron chi connectivity index (χ3n) is 5.90. The first-order valence-electron chi connectivity index (χ1n) is 7.63. The van der Waals surface area contributed by atoms with Crippen LogP contribution in [-0.2, 0) is 11.2 Å². The number of phenolic OH excluding ortho intramolecular Hbond substituents is 1. The summed E-state index contributed by atoms with van der Waals surface area (Å²) in [5.41, 5.74) is 3.03. The summed E-state index contributed by atoms with van der Waals surface area (Å²) in [6, 6.07) is 6.00. The highest BCUT2D eigenvalue weighted by Gasteiger charge is 2.51. The lowest BCUT2D eigenvalue weighted by molar-refractivity contribution is -0.0566. The molecule has 0 amide bonds. The summed E-state index contributed by atoms with van der Waals surface area (Å²) in [4.78, 5) is 0. The van der Waals surface area contributed by atoms with E-state index in [-0.39, 0.29) is 5.60 Å². The van der Waals surface area contributed by atoms with Gasteiger partial charge in [0.1, 0.15) is 5.75 Å². The van der Waals surface area contributed by atoms with E-state index in [0.717, 1.165) is 24.9 Å². The van der Waals surface area contributed by atoms with Crippen molar-refractivity contribution in [2.75, 3.05) is 6.61 Å². The van der Waals surface area contributed by atoms with Gasteiger partial charge in [-0.1, -0.05) is 6.07 Å². The fraction of sp³-hybridized carbons (Fsp3) is 0.647. The van der Waals surface area contributed by atoms with E-state index in [4.69, 9.17) is 4.74 Å². The maximum absolute atomic E-state index is 9.66. The van der Waals surface area contributed by atoms with Crippen molar-refractivity contribution >= 4 is 0 Å². The molecule has 19 heavy (non-hydrogen) atoms. The third-order valence-corrected chi connectivity index (χ3v) is 5.90. The predicted molar refractivity (Wildman–Crippen MR) is 74.4 cm³/mol. The average Bonchev–Trinajstić information content (AvgIpc) is 2.79. The maximum atomic E-state index is 9.66. The molecule has 102 valence electrons. The fourth-order valence-corrected chi connectivity index (χ4v) is 4.97. The molecule has 1 N–H and O–H groups in total. The minimum atomic E-state index is 0.148. The van der Waals surface area contributed by atoms with Crippen molar-refractivity contribution in [3.8, 4) is 5.75 Å². The highest BCUT2D eigenvalue weighted by atomic mass is 16.5. The zero-order valence-electron chi connectivity index (χ0n) is 11.6. The van der Waals surface area contributed by atoms with Crippen LogP contribution in [0.25, 0.3) is 0 Å². The minimum Gasteiger partial charge on any atom is -0.508 e. The molecule has 1 aliphatic heterocycles. The van der Waals surface area contributed by atoms with Gasteiger partial charge < -0.3 is 9.84 Å². The molecule has 4 rings (SSSR count). The summed E-state index contributed by atoms with van der Waals surface area (Å²) < 4.78 is 6.06. The molecule has 0 bridgehead atoms. The van der Waals surface area contributed by atoms with Gasteiger partial charge in [-0.05, 0) is 80.0 Å². The standard InChI is InChI=1S/C17H22O2/c1-17-8-6-14-13-5-3-12(18)10-11(13)2-4-15(14)16(17)7-9-19-17/h3,5,10,14-16,18H,2,4,6-9H2,1H3/t14-,15-,16+,17+/m1/s1. The molecule has 0 aromatic heterocycles. The third kappa shape index (κ3) is 1.66. The van der Waals surface area contributed by atoms with Gasteiger partial charge in [0.25, 0.3) is 0 Å². The Bertz CT molecular complexity index is 510. The molecule has 1 aromatic rings. The Morgan fingerprint density at radius 1 is 1.26 bits per heavy atom. The highest BCUT2D eigenvalue weighted by Crippen LogP contribution is 2.55. The molecule has 1 heterocycles. The number of aromatic hydroxyl groups is 1. The Labute approximate surface area is 114 Å². The number of phenols is 1. The lowest BCUT2D eigenvalue weighted by atomic mass is 9.59. The van der Waals surface area contributed by atoms with Crippen LogP contribution in [0.2, 0.25) is 0 Å². The van der Waals surface area contributed by atoms with E-state index < -0.39 is 0 Å². The largest absolute Gasteiger partial charge is 0.508 e. The highest BCUT2D eigenvalue weighted by molar-refractivity contribution is 5.40. The van der Waals surface area contributed by atoms with Crippen LogP contribution in [0, 0.1) is 11.8 Å². The zero-order chi connectivity index (χ0) is 13.0. The molecule has 2 heteroatoms. The SMILES string of the molecule is C[C@]12CC[C@@H]3c4ccc(O)cc4CC[C@H]3[C@@H]1CCO2. The van der Waals surface area contributed by atoms with Gasteiger partial charge in [0.2, 0.25) is 0 Å². The lowest BCUT2D eigenvalue weighted by Gasteiger charge is -2.48. The predicted octanol–water partition coefficient (Wildman–Crippen LogP) is 3.63. The van der Waals surface area contributed by atoms with Gasteiger partial charge in [-0.2, -0.15) is 0 Å². The number of fused-ring (bicyclic) bond motifs is 5. The van der Waals surface area contributed by atoms with Crippen molar-refractivity contribution in [3.63, 3.8) is 0 Å². The first kappa shape index (κ1) is 11.8. The minimum absolute atomic E-state index is 0.148. The molecular weight excluding hydrogens is 236 g/mol. The molecule has 3 aliphatic rings. The van der Waals surface area contributed by atoms with E-state index in [1.165, 1.54) is 36.8 Å². The summed E-state index contributed by atoms with van der Waals surface area (Å²) in [6.07, 6.45) is 6.07. The summed E-state index contributed by atoms with van der Waals surface area (Å²) in [5, 5.41) is 9.66. The van der Waals surface area contributed by atoms with Crippen LogP contribution in [0.5, 0.6) is 5.75 Å². The van der Waals surface area contributed by atoms with Gasteiger partial charge >= 0.3 is 0 Å². The normalized spacial score (nSPS) is 40.4. The molecule has 2 nitrogen and oxygen atoms in total. The van der Waals surface area contributed by atoms with Gasteiger partial charge in [-0.3, -0.25) is 0 Å². The molecule has 2 aliphatic carbocycles.